The number of nitrogens with two attached hydrogens (primary N) is 1. The van der Waals surface area contributed by atoms with Gasteiger partial charge in [0, 0.05) is 6.20 Å². The molecule has 0 bridgehead atoms. The minimum absolute atomic E-state index is 0.0398. The van der Waals surface area contributed by atoms with Gasteiger partial charge >= 0.3 is 0 Å². The number of hydrogen-bond acceptors (Lipinski definition) is 6. The molecule has 0 aromatic carbocycles. The molecular formula is C8H8ClN4OS2-. The molecule has 0 aliphatic heterocycles. The summed E-state index contributed by atoms with van der Waals surface area (Å²) >= 11 is 14.8. The summed E-state index contributed by atoms with van der Waals surface area (Å²) in [6.07, 6.45) is 1.46. The van der Waals surface area contributed by atoms with Gasteiger partial charge in [-0.25, -0.2) is 10.8 Å². The molecule has 1 rings (SSSR count). The van der Waals surface area contributed by atoms with E-state index in [-0.39, 0.29) is 10.9 Å². The minimum atomic E-state index is -0.434. The maximum absolute atomic E-state index is 11.4. The van der Waals surface area contributed by atoms with Crippen molar-refractivity contribution in [3.8, 4) is 0 Å². The van der Waals surface area contributed by atoms with E-state index in [2.05, 4.69) is 35.1 Å². The van der Waals surface area contributed by atoms with Gasteiger partial charge in [-0.1, -0.05) is 11.6 Å². The Morgan fingerprint density at radius 1 is 1.69 bits per heavy atom. The van der Waals surface area contributed by atoms with E-state index in [9.17, 15) is 4.79 Å². The molecule has 86 valence electrons. The number of rotatable bonds is 3. The Labute approximate surface area is 108 Å². The van der Waals surface area contributed by atoms with Crippen molar-refractivity contribution in [2.75, 3.05) is 11.9 Å². The SMILES string of the molecule is NN(C(=O)CNc1ccc(Cl)cn1)C(=S)[S-]. The highest BCUT2D eigenvalue weighted by molar-refractivity contribution is 8.00. The summed E-state index contributed by atoms with van der Waals surface area (Å²) in [6, 6.07) is 3.29. The monoisotopic (exact) mass is 275 g/mol. The molecule has 16 heavy (non-hydrogen) atoms. The van der Waals surface area contributed by atoms with Gasteiger partial charge in [-0.2, -0.15) is 0 Å². The van der Waals surface area contributed by atoms with Gasteiger partial charge < -0.3 is 30.2 Å². The van der Waals surface area contributed by atoms with Gasteiger partial charge in [0.15, 0.2) is 0 Å². The lowest BCUT2D eigenvalue weighted by Gasteiger charge is -2.20. The fourth-order valence-electron chi connectivity index (χ4n) is 0.834. The summed E-state index contributed by atoms with van der Waals surface area (Å²) in [5.41, 5.74) is 0. The second-order valence-electron chi connectivity index (χ2n) is 2.74. The lowest BCUT2D eigenvalue weighted by molar-refractivity contribution is -0.125. The summed E-state index contributed by atoms with van der Waals surface area (Å²) in [4.78, 5) is 15.3. The average Bonchev–Trinajstić information content (AvgIpc) is 2.26. The van der Waals surface area contributed by atoms with E-state index in [1.54, 1.807) is 12.1 Å². The quantitative estimate of drug-likeness (QED) is 0.278. The molecule has 1 aromatic heterocycles. The van der Waals surface area contributed by atoms with Gasteiger partial charge in [-0.3, -0.25) is 9.80 Å². The van der Waals surface area contributed by atoms with Crippen LogP contribution in [0.25, 0.3) is 0 Å². The second kappa shape index (κ2) is 5.90. The Hall–Kier alpha value is -1.02. The number of carbonyl (C=O) groups is 1. The predicted octanol–water partition coefficient (Wildman–Crippen LogP) is 0.681. The third kappa shape index (κ3) is 3.86. The van der Waals surface area contributed by atoms with Gasteiger partial charge in [0.05, 0.1) is 11.6 Å². The molecule has 0 radical (unpaired) electrons. The van der Waals surface area contributed by atoms with Crippen LogP contribution in [0.2, 0.25) is 5.02 Å². The van der Waals surface area contributed by atoms with E-state index in [4.69, 9.17) is 17.4 Å². The van der Waals surface area contributed by atoms with Crippen LogP contribution in [0.4, 0.5) is 5.82 Å². The number of pyridine rings is 1. The molecular weight excluding hydrogens is 268 g/mol. The summed E-state index contributed by atoms with van der Waals surface area (Å²) in [6.45, 7) is -0.0398. The zero-order valence-corrected chi connectivity index (χ0v) is 10.4. The lowest BCUT2D eigenvalue weighted by atomic mass is 10.4. The topological polar surface area (TPSA) is 71.2 Å². The number of hydrogen-bond donors (Lipinski definition) is 2. The zero-order valence-electron chi connectivity index (χ0n) is 8.01. The fourth-order valence-corrected chi connectivity index (χ4v) is 1.15. The van der Waals surface area contributed by atoms with Crippen LogP contribution in [0.15, 0.2) is 18.3 Å². The number of thiocarbonyl (C=S) groups is 1. The largest absolute Gasteiger partial charge is 0.409 e. The number of carbonyl (C=O) groups excluding carboxylic acids is 1. The van der Waals surface area contributed by atoms with E-state index >= 15 is 0 Å². The number of anilines is 1. The molecule has 0 fully saturated rings. The number of amides is 1. The molecule has 1 heterocycles. The van der Waals surface area contributed by atoms with E-state index in [0.717, 1.165) is 5.01 Å². The third-order valence-corrected chi connectivity index (χ3v) is 2.23. The van der Waals surface area contributed by atoms with Crippen molar-refractivity contribution in [1.82, 2.24) is 9.99 Å². The molecule has 3 N–H and O–H groups in total. The van der Waals surface area contributed by atoms with Crippen LogP contribution in [0.1, 0.15) is 0 Å². The molecule has 1 aromatic rings. The number of nitrogens with zero attached hydrogens (tertiary/aromatic N) is 2. The number of halogens is 1. The van der Waals surface area contributed by atoms with E-state index < -0.39 is 5.91 Å². The Morgan fingerprint density at radius 3 is 2.88 bits per heavy atom. The Morgan fingerprint density at radius 2 is 2.38 bits per heavy atom. The van der Waals surface area contributed by atoms with Crippen molar-refractivity contribution in [3.05, 3.63) is 23.4 Å². The molecule has 0 atom stereocenters. The first-order valence-electron chi connectivity index (χ1n) is 4.15. The van der Waals surface area contributed by atoms with E-state index in [1.165, 1.54) is 6.20 Å². The van der Waals surface area contributed by atoms with Gasteiger partial charge in [0.25, 0.3) is 5.91 Å². The normalized spacial score (nSPS) is 9.62. The summed E-state index contributed by atoms with van der Waals surface area (Å²) in [5.74, 6) is 5.39. The standard InChI is InChI=1S/C8H9ClN4OS2/c9-5-1-2-6(11-3-5)12-4-7(14)13(10)8(15)16/h1-3H,4,10H2,(H,11,12)(H,15,16)/p-1. The maximum atomic E-state index is 11.4. The molecule has 1 amide bonds. The highest BCUT2D eigenvalue weighted by atomic mass is 35.5. The van der Waals surface area contributed by atoms with Crippen molar-refractivity contribution in [2.45, 2.75) is 0 Å². The van der Waals surface area contributed by atoms with Crippen molar-refractivity contribution < 1.29 is 4.79 Å². The smallest absolute Gasteiger partial charge is 0.259 e. The van der Waals surface area contributed by atoms with Crippen molar-refractivity contribution >= 4 is 52.5 Å². The van der Waals surface area contributed by atoms with Gasteiger partial charge in [-0.15, -0.1) is 0 Å². The third-order valence-electron chi connectivity index (χ3n) is 1.61. The molecule has 0 saturated heterocycles. The first-order chi connectivity index (χ1) is 7.50. The van der Waals surface area contributed by atoms with Crippen molar-refractivity contribution in [2.24, 2.45) is 5.84 Å². The number of aromatic nitrogens is 1. The summed E-state index contributed by atoms with van der Waals surface area (Å²) in [7, 11) is 0. The summed E-state index contributed by atoms with van der Waals surface area (Å²) in [5, 5.41) is 4.01. The first kappa shape index (κ1) is 13.0. The zero-order chi connectivity index (χ0) is 12.1. The molecule has 0 unspecified atom stereocenters. The number of nitrogens with one attached hydrogen (secondary N) is 1. The Balaban J connectivity index is 2.49. The molecule has 0 aliphatic rings. The van der Waals surface area contributed by atoms with Crippen molar-refractivity contribution in [3.63, 3.8) is 0 Å². The highest BCUT2D eigenvalue weighted by Gasteiger charge is 2.07. The van der Waals surface area contributed by atoms with Crippen molar-refractivity contribution in [1.29, 1.82) is 0 Å². The van der Waals surface area contributed by atoms with Crippen LogP contribution < -0.4 is 11.2 Å². The molecule has 0 saturated carbocycles. The van der Waals surface area contributed by atoms with E-state index in [1.807, 2.05) is 0 Å². The van der Waals surface area contributed by atoms with Crippen LogP contribution in [0.3, 0.4) is 0 Å². The Bertz CT molecular complexity index is 398. The second-order valence-corrected chi connectivity index (χ2v) is 4.21. The molecule has 8 heteroatoms. The minimum Gasteiger partial charge on any atom is -0.409 e. The Kier molecular flexibility index (Phi) is 4.81. The summed E-state index contributed by atoms with van der Waals surface area (Å²) < 4.78 is -0.101. The predicted molar refractivity (Wildman–Crippen MR) is 68.7 cm³/mol. The van der Waals surface area contributed by atoms with Crippen LogP contribution >= 0.6 is 23.8 Å². The maximum Gasteiger partial charge on any atom is 0.259 e. The number of hydrazine groups is 1. The molecule has 0 spiro atoms. The molecule has 5 nitrogen and oxygen atoms in total. The van der Waals surface area contributed by atoms with Gasteiger partial charge in [0.1, 0.15) is 5.82 Å². The average molecular weight is 276 g/mol. The van der Waals surface area contributed by atoms with Crippen LogP contribution in [-0.2, 0) is 17.4 Å². The highest BCUT2D eigenvalue weighted by Crippen LogP contribution is 2.08. The van der Waals surface area contributed by atoms with Gasteiger partial charge in [-0.05, 0) is 16.5 Å². The first-order valence-corrected chi connectivity index (χ1v) is 5.34. The lowest BCUT2D eigenvalue weighted by Crippen LogP contribution is -2.43. The van der Waals surface area contributed by atoms with Gasteiger partial charge in [0.2, 0.25) is 0 Å². The van der Waals surface area contributed by atoms with Crippen LogP contribution in [-0.4, -0.2) is 26.8 Å². The van der Waals surface area contributed by atoms with Crippen LogP contribution in [0.5, 0.6) is 0 Å². The molecule has 0 aliphatic carbocycles. The van der Waals surface area contributed by atoms with Crippen LogP contribution in [0, 0.1) is 0 Å². The fraction of sp³-hybridized carbons (Fsp3) is 0.125. The van der Waals surface area contributed by atoms with E-state index in [0.29, 0.717) is 10.8 Å².